The van der Waals surface area contributed by atoms with E-state index in [1.807, 2.05) is 6.07 Å². The van der Waals surface area contributed by atoms with Gasteiger partial charge < -0.3 is 20.7 Å². The molecule has 0 aliphatic carbocycles. The van der Waals surface area contributed by atoms with E-state index in [2.05, 4.69) is 15.6 Å². The molecule has 0 aliphatic heterocycles. The van der Waals surface area contributed by atoms with Crippen LogP contribution < -0.4 is 10.6 Å². The van der Waals surface area contributed by atoms with Crippen molar-refractivity contribution in [3.63, 3.8) is 0 Å². The molecule has 0 saturated carbocycles. The molecule has 11 heteroatoms. The van der Waals surface area contributed by atoms with E-state index in [4.69, 9.17) is 34.8 Å². The number of benzene rings is 1. The van der Waals surface area contributed by atoms with Crippen molar-refractivity contribution in [1.29, 1.82) is 0 Å². The van der Waals surface area contributed by atoms with E-state index in [9.17, 15) is 14.9 Å². The molecule has 2 aromatic rings. The van der Waals surface area contributed by atoms with Crippen LogP contribution in [0.1, 0.15) is 12.2 Å². The first kappa shape index (κ1) is 20.3. The first-order valence-electron chi connectivity index (χ1n) is 7.52. The van der Waals surface area contributed by atoms with Crippen LogP contribution in [0.2, 0.25) is 0 Å². The van der Waals surface area contributed by atoms with Gasteiger partial charge in [-0.1, -0.05) is 53.0 Å². The Balaban J connectivity index is 2.02. The van der Waals surface area contributed by atoms with Crippen LogP contribution in [-0.4, -0.2) is 30.3 Å². The Morgan fingerprint density at radius 1 is 1.35 bits per heavy atom. The molecule has 1 heterocycles. The highest BCUT2D eigenvalue weighted by molar-refractivity contribution is 6.68. The van der Waals surface area contributed by atoms with Gasteiger partial charge in [0.05, 0.1) is 6.42 Å². The topological polar surface area (TPSA) is 102 Å². The summed E-state index contributed by atoms with van der Waals surface area (Å²) in [6, 6.07) is 8.93. The molecule has 1 amide bonds. The van der Waals surface area contributed by atoms with Gasteiger partial charge in [0.15, 0.2) is 5.82 Å². The predicted molar refractivity (Wildman–Crippen MR) is 101 cm³/mol. The van der Waals surface area contributed by atoms with Crippen LogP contribution in [0.5, 0.6) is 0 Å². The van der Waals surface area contributed by atoms with Crippen LogP contribution >= 0.6 is 34.8 Å². The van der Waals surface area contributed by atoms with Crippen molar-refractivity contribution >= 4 is 52.2 Å². The van der Waals surface area contributed by atoms with Crippen LogP contribution in [0.25, 0.3) is 0 Å². The SMILES string of the molecule is Cc1ncc([N+](=O)[O-])n1CCC(=O)N[C@@H](Nc1ccccc1)C(Cl)(Cl)Cl. The number of para-hydroxylation sites is 1. The van der Waals surface area contributed by atoms with Crippen LogP contribution in [0.3, 0.4) is 0 Å². The van der Waals surface area contributed by atoms with Crippen LogP contribution in [-0.2, 0) is 11.3 Å². The minimum Gasteiger partial charge on any atom is -0.362 e. The zero-order valence-corrected chi connectivity index (χ0v) is 15.9. The quantitative estimate of drug-likeness (QED) is 0.309. The number of carbonyl (C=O) groups excluding carboxylic acids is 1. The zero-order valence-electron chi connectivity index (χ0n) is 13.7. The normalized spacial score (nSPS) is 12.5. The fourth-order valence-electron chi connectivity index (χ4n) is 2.23. The van der Waals surface area contributed by atoms with Crippen molar-refractivity contribution in [2.45, 2.75) is 29.8 Å². The maximum absolute atomic E-state index is 12.2. The summed E-state index contributed by atoms with van der Waals surface area (Å²) in [6.45, 7) is 1.69. The van der Waals surface area contributed by atoms with E-state index in [1.165, 1.54) is 4.57 Å². The van der Waals surface area contributed by atoms with Gasteiger partial charge >= 0.3 is 5.82 Å². The Morgan fingerprint density at radius 2 is 2.00 bits per heavy atom. The number of hydrogen-bond donors (Lipinski definition) is 2. The van der Waals surface area contributed by atoms with Crippen molar-refractivity contribution in [3.05, 3.63) is 52.5 Å². The Labute approximate surface area is 164 Å². The maximum atomic E-state index is 12.2. The number of nitrogens with zero attached hydrogens (tertiary/aromatic N) is 3. The first-order valence-corrected chi connectivity index (χ1v) is 8.66. The number of nitro groups is 1. The van der Waals surface area contributed by atoms with Gasteiger partial charge in [0.2, 0.25) is 9.70 Å². The highest BCUT2D eigenvalue weighted by Gasteiger charge is 2.34. The fourth-order valence-corrected chi connectivity index (χ4v) is 2.55. The molecule has 0 fully saturated rings. The summed E-state index contributed by atoms with van der Waals surface area (Å²) in [7, 11) is 0. The molecule has 0 saturated heterocycles. The number of aromatic nitrogens is 2. The molecule has 26 heavy (non-hydrogen) atoms. The highest BCUT2D eigenvalue weighted by atomic mass is 35.6. The number of alkyl halides is 3. The summed E-state index contributed by atoms with van der Waals surface area (Å²) in [5, 5.41) is 16.5. The second kappa shape index (κ2) is 8.57. The molecule has 1 aromatic carbocycles. The minimum absolute atomic E-state index is 0.0498. The number of amides is 1. The van der Waals surface area contributed by atoms with Crippen molar-refractivity contribution < 1.29 is 9.72 Å². The van der Waals surface area contributed by atoms with Gasteiger partial charge in [0, 0.05) is 12.6 Å². The fraction of sp³-hybridized carbons (Fsp3) is 0.333. The van der Waals surface area contributed by atoms with Gasteiger partial charge in [0.1, 0.15) is 18.9 Å². The van der Waals surface area contributed by atoms with Crippen molar-refractivity contribution in [2.75, 3.05) is 5.32 Å². The second-order valence-electron chi connectivity index (χ2n) is 5.37. The third-order valence-electron chi connectivity index (χ3n) is 3.50. The van der Waals surface area contributed by atoms with Crippen molar-refractivity contribution in [3.8, 4) is 0 Å². The monoisotopic (exact) mass is 419 g/mol. The molecule has 0 aliphatic rings. The molecule has 2 rings (SSSR count). The lowest BCUT2D eigenvalue weighted by Gasteiger charge is -2.27. The Hall–Kier alpha value is -2.03. The lowest BCUT2D eigenvalue weighted by Crippen LogP contribution is -2.49. The Bertz CT molecular complexity index is 777. The van der Waals surface area contributed by atoms with E-state index >= 15 is 0 Å². The van der Waals surface area contributed by atoms with Crippen LogP contribution in [0.15, 0.2) is 36.5 Å². The third kappa shape index (κ3) is 5.48. The molecular weight excluding hydrogens is 405 g/mol. The summed E-state index contributed by atoms with van der Waals surface area (Å²) in [6.07, 6.45) is 0.112. The van der Waals surface area contributed by atoms with Gasteiger partial charge in [-0.05, 0) is 17.1 Å². The predicted octanol–water partition coefficient (Wildman–Crippen LogP) is 3.41. The summed E-state index contributed by atoms with van der Waals surface area (Å²) >= 11 is 17.8. The number of hydrogen-bond acceptors (Lipinski definition) is 5. The van der Waals surface area contributed by atoms with Gasteiger partial charge in [-0.3, -0.25) is 4.79 Å². The number of nitrogens with one attached hydrogen (secondary N) is 2. The minimum atomic E-state index is -1.80. The number of rotatable bonds is 7. The van der Waals surface area contributed by atoms with Gasteiger partial charge in [0.25, 0.3) is 0 Å². The molecule has 140 valence electrons. The van der Waals surface area contributed by atoms with Gasteiger partial charge in [-0.25, -0.2) is 9.55 Å². The highest BCUT2D eigenvalue weighted by Crippen LogP contribution is 2.31. The Kier molecular flexibility index (Phi) is 6.69. The molecule has 1 aromatic heterocycles. The van der Waals surface area contributed by atoms with E-state index in [0.29, 0.717) is 11.5 Å². The molecule has 0 spiro atoms. The molecule has 0 unspecified atom stereocenters. The number of imidazole rings is 1. The maximum Gasteiger partial charge on any atom is 0.342 e. The lowest BCUT2D eigenvalue weighted by molar-refractivity contribution is -0.392. The largest absolute Gasteiger partial charge is 0.362 e. The summed E-state index contributed by atoms with van der Waals surface area (Å²) in [5.41, 5.74) is 0.658. The van der Waals surface area contributed by atoms with Gasteiger partial charge in [-0.2, -0.15) is 0 Å². The van der Waals surface area contributed by atoms with Crippen molar-refractivity contribution in [1.82, 2.24) is 14.9 Å². The van der Waals surface area contributed by atoms with E-state index < -0.39 is 20.8 Å². The molecule has 1 atom stereocenters. The third-order valence-corrected chi connectivity index (χ3v) is 4.16. The van der Waals surface area contributed by atoms with Gasteiger partial charge in [-0.15, -0.1) is 0 Å². The molecular formula is C15H16Cl3N5O3. The number of aryl methyl sites for hydroxylation is 1. The summed E-state index contributed by atoms with van der Waals surface area (Å²) < 4.78 is -0.461. The molecule has 0 radical (unpaired) electrons. The average Bonchev–Trinajstić information content (AvgIpc) is 2.93. The smallest absolute Gasteiger partial charge is 0.342 e. The number of halogens is 3. The van der Waals surface area contributed by atoms with E-state index in [0.717, 1.165) is 6.20 Å². The number of anilines is 1. The lowest BCUT2D eigenvalue weighted by atomic mass is 10.3. The van der Waals surface area contributed by atoms with Crippen LogP contribution in [0, 0.1) is 17.0 Å². The first-order chi connectivity index (χ1) is 12.2. The summed E-state index contributed by atoms with van der Waals surface area (Å²) in [4.78, 5) is 26.6. The average molecular weight is 421 g/mol. The number of carbonyl (C=O) groups is 1. The van der Waals surface area contributed by atoms with Crippen LogP contribution in [0.4, 0.5) is 11.5 Å². The summed E-state index contributed by atoms with van der Waals surface area (Å²) in [5.74, 6) is -0.187. The standard InChI is InChI=1S/C15H16Cl3N5O3/c1-10-19-9-13(23(25)26)22(10)8-7-12(24)21-14(15(16,17)18)20-11-5-3-2-4-6-11/h2-6,9,14,20H,7-8H2,1H3,(H,21,24)/t14-/m1/s1. The second-order valence-corrected chi connectivity index (χ2v) is 7.74. The van der Waals surface area contributed by atoms with E-state index in [-0.39, 0.29) is 18.8 Å². The molecule has 8 nitrogen and oxygen atoms in total. The molecule has 0 bridgehead atoms. The van der Waals surface area contributed by atoms with Crippen molar-refractivity contribution in [2.24, 2.45) is 0 Å². The van der Waals surface area contributed by atoms with E-state index in [1.54, 1.807) is 31.2 Å². The Morgan fingerprint density at radius 3 is 2.58 bits per heavy atom. The molecule has 2 N–H and O–H groups in total. The zero-order chi connectivity index (χ0) is 19.3.